The third kappa shape index (κ3) is 9.92. The fraction of sp³-hybridized carbons (Fsp3) is 0.515. The molecule has 45 heavy (non-hydrogen) atoms. The molecular weight excluding hydrogens is 673 g/mol. The van der Waals surface area contributed by atoms with Gasteiger partial charge in [0.1, 0.15) is 34.8 Å². The fourth-order valence-electron chi connectivity index (χ4n) is 5.00. The van der Waals surface area contributed by atoms with Gasteiger partial charge in [-0.1, -0.05) is 25.4 Å². The fourth-order valence-corrected chi connectivity index (χ4v) is 5.37. The Bertz CT molecular complexity index is 1410. The van der Waals surface area contributed by atoms with Gasteiger partial charge in [0.05, 0.1) is 13.2 Å². The van der Waals surface area contributed by atoms with Gasteiger partial charge in [-0.25, -0.2) is 9.37 Å². The van der Waals surface area contributed by atoms with E-state index < -0.39 is 12.0 Å². The molecule has 0 saturated heterocycles. The van der Waals surface area contributed by atoms with E-state index >= 15 is 4.39 Å². The summed E-state index contributed by atoms with van der Waals surface area (Å²) in [5.41, 5.74) is 1.42. The van der Waals surface area contributed by atoms with Crippen molar-refractivity contribution in [1.82, 2.24) is 20.3 Å². The topological polar surface area (TPSA) is 92.6 Å². The van der Waals surface area contributed by atoms with Crippen LogP contribution in [-0.4, -0.2) is 65.6 Å². The summed E-state index contributed by atoms with van der Waals surface area (Å²) in [5.74, 6) is 1.03. The average Bonchev–Trinajstić information content (AvgIpc) is 3.91. The molecule has 3 aromatic rings. The van der Waals surface area contributed by atoms with Crippen molar-refractivity contribution in [3.05, 3.63) is 49.8 Å². The van der Waals surface area contributed by atoms with Crippen LogP contribution in [0, 0.1) is 33.0 Å². The predicted molar refractivity (Wildman–Crippen MR) is 174 cm³/mol. The number of alkyl halides is 1. The van der Waals surface area contributed by atoms with E-state index in [-0.39, 0.29) is 106 Å². The molecule has 12 heteroatoms. The molecule has 0 bridgehead atoms. The molecule has 2 fully saturated rings. The Morgan fingerprint density at radius 2 is 1.89 bits per heavy atom. The maximum absolute atomic E-state index is 16.1. The number of aromatic hydroxyl groups is 1. The number of ether oxygens (including phenoxy) is 2. The standard InChI is InChI=1S/C24H24ClFN4O3.C6H12FN.C2H6.CH3.Rb/c1-11-10-33-23-18-21(28-24(32-2)29-22(18)30(11)9-12-3-4-12)19(26)20(27-23)15-7-14(31)8-16(25)17(15)13-5-6-13;1-3-4-8-5-6(2)7;1-2;;/h7-8,11-13,31H,3-6,9-10H2,1-2H3;6,8H,1-5H2;1-2H3;1H3;/q;-2;;-1;+1/t11-;;;;/m0..../s1. The summed E-state index contributed by atoms with van der Waals surface area (Å²) in [6.07, 6.45) is 4.09. The number of pyridine rings is 1. The number of methoxy groups -OCH3 is 1. The van der Waals surface area contributed by atoms with Crippen LogP contribution in [0.2, 0.25) is 5.02 Å². The molecule has 244 valence electrons. The van der Waals surface area contributed by atoms with Crippen molar-refractivity contribution in [1.29, 1.82) is 0 Å². The molecule has 2 aromatic heterocycles. The van der Waals surface area contributed by atoms with Gasteiger partial charge in [0, 0.05) is 17.1 Å². The van der Waals surface area contributed by atoms with Crippen LogP contribution in [0.1, 0.15) is 64.4 Å². The number of phenolic OH excluding ortho intramolecular Hbond substituents is 1. The third-order valence-electron chi connectivity index (χ3n) is 7.39. The first kappa shape index (κ1) is 40.0. The number of aromatic nitrogens is 3. The summed E-state index contributed by atoms with van der Waals surface area (Å²) in [7, 11) is 1.47. The number of hydrogen-bond acceptors (Lipinski definition) is 8. The number of rotatable bonds is 9. The van der Waals surface area contributed by atoms with Crippen LogP contribution in [-0.2, 0) is 0 Å². The van der Waals surface area contributed by atoms with Crippen molar-refractivity contribution in [3.8, 4) is 28.9 Å². The quantitative estimate of drug-likeness (QED) is 0.247. The van der Waals surface area contributed by atoms with Gasteiger partial charge in [-0.2, -0.15) is 16.4 Å². The Hall–Kier alpha value is -1.17. The monoisotopic (exact) mass is 717 g/mol. The molecule has 0 radical (unpaired) electrons. The van der Waals surface area contributed by atoms with Crippen molar-refractivity contribution in [2.24, 2.45) is 5.92 Å². The van der Waals surface area contributed by atoms with E-state index in [2.05, 4.69) is 45.9 Å². The van der Waals surface area contributed by atoms with Crippen molar-refractivity contribution >= 4 is 28.3 Å². The number of hydrogen-bond donors (Lipinski definition) is 2. The van der Waals surface area contributed by atoms with E-state index in [1.165, 1.54) is 32.1 Å². The number of halogens is 3. The van der Waals surface area contributed by atoms with Gasteiger partial charge in [-0.15, -0.1) is 0 Å². The Morgan fingerprint density at radius 3 is 2.47 bits per heavy atom. The van der Waals surface area contributed by atoms with Gasteiger partial charge in [-0.3, -0.25) is 4.39 Å². The van der Waals surface area contributed by atoms with Crippen LogP contribution in [0.25, 0.3) is 22.2 Å². The zero-order chi connectivity index (χ0) is 31.3. The molecule has 8 nitrogen and oxygen atoms in total. The third-order valence-corrected chi connectivity index (χ3v) is 7.70. The zero-order valence-corrected chi connectivity index (χ0v) is 33.1. The SMILES string of the molecule is CC.COc1nc2c3c(nc(-c4cc(O)cc(Cl)c4C4CC4)c(F)c3n1)OC[C@H](C)N2CC1CC1.[CH2-]CCNCC([CH2-])F.[CH3-].[Rb+]. The number of nitrogens with one attached hydrogen (secondary N) is 1. The second kappa shape index (κ2) is 18.4. The van der Waals surface area contributed by atoms with Crippen LogP contribution in [0.15, 0.2) is 12.1 Å². The van der Waals surface area contributed by atoms with E-state index in [0.717, 1.165) is 37.9 Å². The van der Waals surface area contributed by atoms with E-state index in [9.17, 15) is 9.50 Å². The van der Waals surface area contributed by atoms with Gasteiger partial charge < -0.3 is 46.1 Å². The molecule has 1 unspecified atom stereocenters. The Kier molecular flexibility index (Phi) is 16.3. The molecule has 0 spiro atoms. The minimum Gasteiger partial charge on any atom is -0.508 e. The summed E-state index contributed by atoms with van der Waals surface area (Å²) < 4.78 is 39.4. The first-order chi connectivity index (χ1) is 20.7. The Morgan fingerprint density at radius 1 is 1.20 bits per heavy atom. The first-order valence-electron chi connectivity index (χ1n) is 15.1. The first-order valence-corrected chi connectivity index (χ1v) is 15.4. The summed E-state index contributed by atoms with van der Waals surface area (Å²) in [5, 5.41) is 13.9. The Balaban J connectivity index is 0.000000518. The van der Waals surface area contributed by atoms with E-state index in [1.54, 1.807) is 0 Å². The van der Waals surface area contributed by atoms with Gasteiger partial charge in [0.25, 0.3) is 0 Å². The molecule has 0 amide bonds. The van der Waals surface area contributed by atoms with Gasteiger partial charge in [0.2, 0.25) is 5.88 Å². The van der Waals surface area contributed by atoms with Crippen molar-refractivity contribution in [3.63, 3.8) is 0 Å². The van der Waals surface area contributed by atoms with Crippen molar-refractivity contribution in [2.75, 3.05) is 38.3 Å². The van der Waals surface area contributed by atoms with E-state index in [1.807, 2.05) is 13.8 Å². The normalized spacial score (nSPS) is 17.3. The largest absolute Gasteiger partial charge is 1.00 e. The smallest absolute Gasteiger partial charge is 0.508 e. The molecule has 2 aliphatic carbocycles. The minimum atomic E-state index is -0.985. The average molecular weight is 719 g/mol. The van der Waals surface area contributed by atoms with Crippen LogP contribution in [0.4, 0.5) is 14.6 Å². The van der Waals surface area contributed by atoms with Gasteiger partial charge in [0.15, 0.2) is 5.82 Å². The summed E-state index contributed by atoms with van der Waals surface area (Å²) in [6.45, 7) is 15.1. The molecule has 2 saturated carbocycles. The molecule has 1 aliphatic heterocycles. The molecular formula is C33H45ClF2N5O3Rb-2. The van der Waals surface area contributed by atoms with Crippen LogP contribution >= 0.6 is 11.6 Å². The van der Waals surface area contributed by atoms with E-state index in [4.69, 9.17) is 21.1 Å². The second-order valence-corrected chi connectivity index (χ2v) is 11.3. The minimum absolute atomic E-state index is 0. The zero-order valence-electron chi connectivity index (χ0n) is 27.4. The number of benzene rings is 1. The summed E-state index contributed by atoms with van der Waals surface area (Å²) >= 11 is 6.47. The summed E-state index contributed by atoms with van der Waals surface area (Å²) in [6, 6.07) is 3.11. The van der Waals surface area contributed by atoms with Crippen LogP contribution in [0.5, 0.6) is 17.6 Å². The number of anilines is 1. The van der Waals surface area contributed by atoms with Crippen molar-refractivity contribution < 1.29 is 81.5 Å². The molecule has 2 N–H and O–H groups in total. The van der Waals surface area contributed by atoms with Crippen molar-refractivity contribution in [2.45, 2.75) is 71.0 Å². The molecule has 3 aliphatic rings. The van der Waals surface area contributed by atoms with E-state index in [0.29, 0.717) is 40.9 Å². The molecule has 3 heterocycles. The number of phenols is 1. The number of nitrogens with zero attached hydrogens (tertiary/aromatic N) is 4. The second-order valence-electron chi connectivity index (χ2n) is 10.9. The molecule has 6 rings (SSSR count). The van der Waals surface area contributed by atoms with Gasteiger partial charge in [-0.05, 0) is 81.4 Å². The van der Waals surface area contributed by atoms with Crippen LogP contribution in [0.3, 0.4) is 0 Å². The maximum Gasteiger partial charge on any atom is 1.00 e. The van der Waals surface area contributed by atoms with Gasteiger partial charge >= 0.3 is 64.2 Å². The predicted octanol–water partition coefficient (Wildman–Crippen LogP) is 4.53. The maximum atomic E-state index is 16.1. The van der Waals surface area contributed by atoms with Crippen LogP contribution < -0.4 is 77.9 Å². The Labute approximate surface area is 320 Å². The summed E-state index contributed by atoms with van der Waals surface area (Å²) in [4.78, 5) is 15.7. The molecule has 1 aromatic carbocycles. The molecule has 2 atom stereocenters.